The molecular formula is C10H8ClN3O. The fourth-order valence-electron chi connectivity index (χ4n) is 1.39. The molecule has 4 nitrogen and oxygen atoms in total. The molecule has 76 valence electrons. The number of carbonyl (C=O) groups is 1. The number of amides is 2. The van der Waals surface area contributed by atoms with Gasteiger partial charge in [0, 0.05) is 17.0 Å². The van der Waals surface area contributed by atoms with Gasteiger partial charge in [0.25, 0.3) is 0 Å². The Bertz CT molecular complexity index is 527. The number of benzene rings is 1. The fourth-order valence-corrected chi connectivity index (χ4v) is 1.54. The number of nitrogens with two attached hydrogens (primary N) is 1. The summed E-state index contributed by atoms with van der Waals surface area (Å²) in [5.74, 6) is 0. The summed E-state index contributed by atoms with van der Waals surface area (Å²) in [6, 6.07) is 6.52. The van der Waals surface area contributed by atoms with E-state index in [0.29, 0.717) is 10.8 Å². The molecule has 1 aromatic heterocycles. The normalized spacial score (nSPS) is 10.2. The number of carbonyl (C=O) groups excluding carboxylic acids is 1. The molecule has 0 unspecified atom stereocenters. The fraction of sp³-hybridized carbons (Fsp3) is 0. The predicted octanol–water partition coefficient (Wildman–Crippen LogP) is 2.38. The van der Waals surface area contributed by atoms with Gasteiger partial charge in [0.2, 0.25) is 0 Å². The highest BCUT2D eigenvalue weighted by molar-refractivity contribution is 6.30. The van der Waals surface area contributed by atoms with Crippen LogP contribution in [0.15, 0.2) is 30.5 Å². The lowest BCUT2D eigenvalue weighted by molar-refractivity contribution is 0.259. The topological polar surface area (TPSA) is 68.0 Å². The average Bonchev–Trinajstić information content (AvgIpc) is 2.18. The largest absolute Gasteiger partial charge is 0.351 e. The maximum atomic E-state index is 10.8. The van der Waals surface area contributed by atoms with Crippen LogP contribution in [0.4, 0.5) is 10.5 Å². The highest BCUT2D eigenvalue weighted by Gasteiger charge is 2.03. The second-order valence-electron chi connectivity index (χ2n) is 3.02. The van der Waals surface area contributed by atoms with Gasteiger partial charge in [-0.15, -0.1) is 0 Å². The van der Waals surface area contributed by atoms with E-state index in [9.17, 15) is 4.79 Å². The zero-order valence-corrected chi connectivity index (χ0v) is 8.45. The number of aromatic nitrogens is 1. The van der Waals surface area contributed by atoms with Gasteiger partial charge in [-0.25, -0.2) is 9.78 Å². The van der Waals surface area contributed by atoms with Crippen LogP contribution in [0.3, 0.4) is 0 Å². The van der Waals surface area contributed by atoms with Crippen molar-refractivity contribution in [1.29, 1.82) is 0 Å². The first kappa shape index (κ1) is 9.73. The quantitative estimate of drug-likeness (QED) is 0.726. The van der Waals surface area contributed by atoms with Gasteiger partial charge in [-0.3, -0.25) is 0 Å². The molecule has 5 heteroatoms. The van der Waals surface area contributed by atoms with E-state index in [-0.39, 0.29) is 0 Å². The zero-order valence-electron chi connectivity index (χ0n) is 7.70. The van der Waals surface area contributed by atoms with Gasteiger partial charge >= 0.3 is 6.03 Å². The molecule has 0 spiro atoms. The van der Waals surface area contributed by atoms with Crippen LogP contribution >= 0.6 is 11.6 Å². The van der Waals surface area contributed by atoms with Crippen molar-refractivity contribution in [2.45, 2.75) is 0 Å². The number of hydrogen-bond donors (Lipinski definition) is 2. The highest BCUT2D eigenvalue weighted by atomic mass is 35.5. The molecule has 0 bridgehead atoms. The first-order valence-electron chi connectivity index (χ1n) is 4.27. The third-order valence-corrected chi connectivity index (χ3v) is 2.19. The van der Waals surface area contributed by atoms with Gasteiger partial charge in [0.1, 0.15) is 5.15 Å². The molecule has 0 fully saturated rings. The minimum atomic E-state index is -0.601. The summed E-state index contributed by atoms with van der Waals surface area (Å²) in [7, 11) is 0. The van der Waals surface area contributed by atoms with E-state index in [1.54, 1.807) is 18.3 Å². The summed E-state index contributed by atoms with van der Waals surface area (Å²) >= 11 is 5.77. The Labute approximate surface area is 91.1 Å². The molecule has 2 amide bonds. The van der Waals surface area contributed by atoms with Gasteiger partial charge < -0.3 is 11.1 Å². The third kappa shape index (κ3) is 1.99. The third-order valence-electron chi connectivity index (χ3n) is 1.99. The number of rotatable bonds is 1. The Kier molecular flexibility index (Phi) is 2.43. The van der Waals surface area contributed by atoms with Gasteiger partial charge in [-0.2, -0.15) is 0 Å². The van der Waals surface area contributed by atoms with E-state index >= 15 is 0 Å². The second-order valence-corrected chi connectivity index (χ2v) is 3.41. The molecule has 3 N–H and O–H groups in total. The first-order valence-corrected chi connectivity index (χ1v) is 4.65. The lowest BCUT2D eigenvalue weighted by atomic mass is 10.1. The van der Waals surface area contributed by atoms with Crippen LogP contribution in [0.25, 0.3) is 10.8 Å². The number of fused-ring (bicyclic) bond motifs is 1. The van der Waals surface area contributed by atoms with E-state index < -0.39 is 6.03 Å². The standard InChI is InChI=1S/C10H8ClN3O/c11-9-4-7-6(5-13-9)2-1-3-8(7)14-10(12)15/h1-5H,(H3,12,14,15). The Morgan fingerprint density at radius 3 is 3.00 bits per heavy atom. The maximum absolute atomic E-state index is 10.8. The molecule has 2 aromatic rings. The van der Waals surface area contributed by atoms with Crippen molar-refractivity contribution in [3.63, 3.8) is 0 Å². The van der Waals surface area contributed by atoms with E-state index in [2.05, 4.69) is 10.3 Å². The monoisotopic (exact) mass is 221 g/mol. The van der Waals surface area contributed by atoms with Crippen molar-refractivity contribution in [1.82, 2.24) is 4.98 Å². The summed E-state index contributed by atoms with van der Waals surface area (Å²) in [5.41, 5.74) is 5.68. The van der Waals surface area contributed by atoms with Gasteiger partial charge in [-0.05, 0) is 12.1 Å². The van der Waals surface area contributed by atoms with E-state index in [1.165, 1.54) is 0 Å². The van der Waals surface area contributed by atoms with Crippen molar-refractivity contribution in [3.8, 4) is 0 Å². The van der Waals surface area contributed by atoms with Gasteiger partial charge in [-0.1, -0.05) is 23.7 Å². The Morgan fingerprint density at radius 1 is 1.47 bits per heavy atom. The van der Waals surface area contributed by atoms with Crippen molar-refractivity contribution >= 4 is 34.1 Å². The summed E-state index contributed by atoms with van der Waals surface area (Å²) in [5, 5.41) is 4.61. The number of anilines is 1. The van der Waals surface area contributed by atoms with E-state index in [0.717, 1.165) is 10.8 Å². The van der Waals surface area contributed by atoms with Crippen LogP contribution in [-0.2, 0) is 0 Å². The molecule has 0 aliphatic carbocycles. The molecule has 0 radical (unpaired) electrons. The predicted molar refractivity (Wildman–Crippen MR) is 60.0 cm³/mol. The molecule has 0 aliphatic heterocycles. The lowest BCUT2D eigenvalue weighted by Crippen LogP contribution is -2.19. The Morgan fingerprint density at radius 2 is 2.27 bits per heavy atom. The number of primary amides is 1. The zero-order chi connectivity index (χ0) is 10.8. The van der Waals surface area contributed by atoms with Crippen LogP contribution in [0.5, 0.6) is 0 Å². The molecule has 15 heavy (non-hydrogen) atoms. The molecule has 0 saturated heterocycles. The molecule has 1 heterocycles. The first-order chi connectivity index (χ1) is 7.16. The second kappa shape index (κ2) is 3.74. The molecule has 0 atom stereocenters. The number of hydrogen-bond acceptors (Lipinski definition) is 2. The molecule has 0 aliphatic rings. The van der Waals surface area contributed by atoms with Crippen molar-refractivity contribution < 1.29 is 4.79 Å². The minimum absolute atomic E-state index is 0.376. The SMILES string of the molecule is NC(=O)Nc1cccc2cnc(Cl)cc12. The highest BCUT2D eigenvalue weighted by Crippen LogP contribution is 2.24. The Balaban J connectivity index is 2.63. The smallest absolute Gasteiger partial charge is 0.316 e. The van der Waals surface area contributed by atoms with Crippen molar-refractivity contribution in [3.05, 3.63) is 35.6 Å². The van der Waals surface area contributed by atoms with E-state index in [1.807, 2.05) is 12.1 Å². The number of urea groups is 1. The van der Waals surface area contributed by atoms with E-state index in [4.69, 9.17) is 17.3 Å². The number of halogens is 1. The molecule has 0 saturated carbocycles. The molecule has 1 aromatic carbocycles. The van der Waals surface area contributed by atoms with Crippen LogP contribution in [0, 0.1) is 0 Å². The van der Waals surface area contributed by atoms with Gasteiger partial charge in [0.15, 0.2) is 0 Å². The summed E-state index contributed by atoms with van der Waals surface area (Å²) in [6.07, 6.45) is 1.64. The summed E-state index contributed by atoms with van der Waals surface area (Å²) in [6.45, 7) is 0. The minimum Gasteiger partial charge on any atom is -0.351 e. The van der Waals surface area contributed by atoms with Crippen LogP contribution in [0.1, 0.15) is 0 Å². The Hall–Kier alpha value is -1.81. The summed E-state index contributed by atoms with van der Waals surface area (Å²) < 4.78 is 0. The molecule has 2 rings (SSSR count). The van der Waals surface area contributed by atoms with Crippen molar-refractivity contribution in [2.75, 3.05) is 5.32 Å². The maximum Gasteiger partial charge on any atom is 0.316 e. The van der Waals surface area contributed by atoms with Crippen LogP contribution in [-0.4, -0.2) is 11.0 Å². The number of pyridine rings is 1. The lowest BCUT2D eigenvalue weighted by Gasteiger charge is -2.06. The van der Waals surface area contributed by atoms with Crippen LogP contribution < -0.4 is 11.1 Å². The molecular weight excluding hydrogens is 214 g/mol. The van der Waals surface area contributed by atoms with Crippen molar-refractivity contribution in [2.24, 2.45) is 5.73 Å². The summed E-state index contributed by atoms with van der Waals surface area (Å²) in [4.78, 5) is 14.7. The van der Waals surface area contributed by atoms with Crippen LogP contribution in [0.2, 0.25) is 5.15 Å². The number of nitrogens with zero attached hydrogens (tertiary/aromatic N) is 1. The number of nitrogens with one attached hydrogen (secondary N) is 1. The van der Waals surface area contributed by atoms with Gasteiger partial charge in [0.05, 0.1) is 5.69 Å². The average molecular weight is 222 g/mol.